The summed E-state index contributed by atoms with van der Waals surface area (Å²) in [6.45, 7) is 18.4. The highest BCUT2D eigenvalue weighted by molar-refractivity contribution is 5.35. The topological polar surface area (TPSA) is 0 Å². The van der Waals surface area contributed by atoms with Crippen LogP contribution in [0, 0.1) is 13.8 Å². The average molecular weight is 407 g/mol. The minimum absolute atomic E-state index is 0.243. The zero-order valence-electron chi connectivity index (χ0n) is 21.1. The molecule has 0 bridgehead atoms. The standard InChI is InChI=1S/C30H46/c1-23-17-19-27(29(3,4)5)21-25(23)15-13-11-9-10-12-14-16-26-22-28(30(6,7)8)20-18-24(26)2/h17-22H,9-16H2,1-8H3. The van der Waals surface area contributed by atoms with Crippen LogP contribution in [0.1, 0.15) is 113 Å². The second-order valence-electron chi connectivity index (χ2n) is 11.4. The number of hydrogen-bond acceptors (Lipinski definition) is 0. The van der Waals surface area contributed by atoms with Gasteiger partial charge in [-0.05, 0) is 83.7 Å². The molecule has 2 aromatic rings. The summed E-state index contributed by atoms with van der Waals surface area (Å²) in [5.74, 6) is 0. The summed E-state index contributed by atoms with van der Waals surface area (Å²) in [7, 11) is 0. The Bertz CT molecular complexity index is 726. The van der Waals surface area contributed by atoms with E-state index in [2.05, 4.69) is 91.8 Å². The van der Waals surface area contributed by atoms with Crippen LogP contribution in [0.15, 0.2) is 36.4 Å². The van der Waals surface area contributed by atoms with Gasteiger partial charge in [-0.3, -0.25) is 0 Å². The summed E-state index contributed by atoms with van der Waals surface area (Å²) in [5.41, 5.74) is 9.43. The average Bonchev–Trinajstić information content (AvgIpc) is 2.64. The van der Waals surface area contributed by atoms with Gasteiger partial charge >= 0.3 is 0 Å². The Morgan fingerprint density at radius 2 is 0.833 bits per heavy atom. The van der Waals surface area contributed by atoms with Crippen LogP contribution >= 0.6 is 0 Å². The SMILES string of the molecule is Cc1ccc(C(C)(C)C)cc1CCCCCCCCc1cc(C(C)(C)C)ccc1C. The molecule has 166 valence electrons. The minimum atomic E-state index is 0.243. The van der Waals surface area contributed by atoms with Crippen LogP contribution in [-0.2, 0) is 23.7 Å². The second-order valence-corrected chi connectivity index (χ2v) is 11.4. The number of benzene rings is 2. The molecular weight excluding hydrogens is 360 g/mol. The van der Waals surface area contributed by atoms with Crippen molar-refractivity contribution < 1.29 is 0 Å². The number of unbranched alkanes of at least 4 members (excludes halogenated alkanes) is 5. The molecule has 0 fully saturated rings. The van der Waals surface area contributed by atoms with Crippen molar-refractivity contribution in [3.8, 4) is 0 Å². The van der Waals surface area contributed by atoms with E-state index in [-0.39, 0.29) is 10.8 Å². The van der Waals surface area contributed by atoms with Crippen LogP contribution in [0.4, 0.5) is 0 Å². The largest absolute Gasteiger partial charge is 0.0588 e. The zero-order chi connectivity index (χ0) is 22.4. The van der Waals surface area contributed by atoms with Crippen molar-refractivity contribution in [1.29, 1.82) is 0 Å². The Kier molecular flexibility index (Phi) is 8.77. The predicted molar refractivity (Wildman–Crippen MR) is 135 cm³/mol. The Labute approximate surface area is 187 Å². The highest BCUT2D eigenvalue weighted by atomic mass is 14.2. The van der Waals surface area contributed by atoms with Crippen LogP contribution in [-0.4, -0.2) is 0 Å². The van der Waals surface area contributed by atoms with E-state index in [1.165, 1.54) is 73.6 Å². The van der Waals surface area contributed by atoms with Crippen molar-refractivity contribution in [2.24, 2.45) is 0 Å². The minimum Gasteiger partial charge on any atom is -0.0588 e. The van der Waals surface area contributed by atoms with Crippen molar-refractivity contribution in [3.63, 3.8) is 0 Å². The van der Waals surface area contributed by atoms with E-state index >= 15 is 0 Å². The number of rotatable bonds is 9. The van der Waals surface area contributed by atoms with Gasteiger partial charge in [-0.2, -0.15) is 0 Å². The van der Waals surface area contributed by atoms with Gasteiger partial charge in [0.05, 0.1) is 0 Å². The fourth-order valence-electron chi connectivity index (χ4n) is 4.15. The summed E-state index contributed by atoms with van der Waals surface area (Å²) >= 11 is 0. The summed E-state index contributed by atoms with van der Waals surface area (Å²) in [6.07, 6.45) is 10.6. The van der Waals surface area contributed by atoms with Gasteiger partial charge in [0.25, 0.3) is 0 Å². The maximum Gasteiger partial charge on any atom is -0.0132 e. The Morgan fingerprint density at radius 3 is 1.17 bits per heavy atom. The first-order valence-corrected chi connectivity index (χ1v) is 12.2. The van der Waals surface area contributed by atoms with Crippen molar-refractivity contribution in [3.05, 3.63) is 69.8 Å². The molecule has 0 N–H and O–H groups in total. The molecule has 30 heavy (non-hydrogen) atoms. The monoisotopic (exact) mass is 406 g/mol. The van der Waals surface area contributed by atoms with E-state index in [1.807, 2.05) is 0 Å². The molecule has 2 rings (SSSR count). The van der Waals surface area contributed by atoms with Crippen LogP contribution in [0.25, 0.3) is 0 Å². The maximum absolute atomic E-state index is 2.45. The van der Waals surface area contributed by atoms with Crippen LogP contribution < -0.4 is 0 Å². The van der Waals surface area contributed by atoms with Crippen LogP contribution in [0.2, 0.25) is 0 Å². The van der Waals surface area contributed by atoms with Gasteiger partial charge in [-0.25, -0.2) is 0 Å². The van der Waals surface area contributed by atoms with Crippen molar-refractivity contribution in [2.75, 3.05) is 0 Å². The van der Waals surface area contributed by atoms with E-state index in [9.17, 15) is 0 Å². The van der Waals surface area contributed by atoms with Crippen molar-refractivity contribution in [1.82, 2.24) is 0 Å². The van der Waals surface area contributed by atoms with E-state index in [0.717, 1.165) is 0 Å². The molecule has 0 unspecified atom stereocenters. The summed E-state index contributed by atoms with van der Waals surface area (Å²) in [6, 6.07) is 14.1. The van der Waals surface area contributed by atoms with Gasteiger partial charge in [-0.15, -0.1) is 0 Å². The molecule has 0 aliphatic carbocycles. The van der Waals surface area contributed by atoms with Gasteiger partial charge in [0.15, 0.2) is 0 Å². The lowest BCUT2D eigenvalue weighted by Crippen LogP contribution is -2.11. The lowest BCUT2D eigenvalue weighted by Gasteiger charge is -2.21. The highest BCUT2D eigenvalue weighted by Gasteiger charge is 2.15. The highest BCUT2D eigenvalue weighted by Crippen LogP contribution is 2.26. The molecule has 2 aromatic carbocycles. The Balaban J connectivity index is 1.69. The van der Waals surface area contributed by atoms with Gasteiger partial charge in [0.2, 0.25) is 0 Å². The Morgan fingerprint density at radius 1 is 0.500 bits per heavy atom. The zero-order valence-corrected chi connectivity index (χ0v) is 21.1. The summed E-state index contributed by atoms with van der Waals surface area (Å²) < 4.78 is 0. The molecule has 0 spiro atoms. The Hall–Kier alpha value is -1.56. The third kappa shape index (κ3) is 7.60. The quantitative estimate of drug-likeness (QED) is 0.364. The van der Waals surface area contributed by atoms with E-state index in [4.69, 9.17) is 0 Å². The van der Waals surface area contributed by atoms with Gasteiger partial charge in [0, 0.05) is 0 Å². The van der Waals surface area contributed by atoms with Crippen molar-refractivity contribution in [2.45, 2.75) is 118 Å². The number of hydrogen-bond donors (Lipinski definition) is 0. The molecule has 0 atom stereocenters. The summed E-state index contributed by atoms with van der Waals surface area (Å²) in [4.78, 5) is 0. The molecular formula is C30H46. The van der Waals surface area contributed by atoms with E-state index < -0.39 is 0 Å². The van der Waals surface area contributed by atoms with E-state index in [1.54, 1.807) is 11.1 Å². The molecule has 0 aliphatic heterocycles. The lowest BCUT2D eigenvalue weighted by molar-refractivity contribution is 0.581. The fraction of sp³-hybridized carbons (Fsp3) is 0.600. The van der Waals surface area contributed by atoms with Crippen molar-refractivity contribution >= 4 is 0 Å². The van der Waals surface area contributed by atoms with Crippen LogP contribution in [0.3, 0.4) is 0 Å². The second kappa shape index (κ2) is 10.7. The molecule has 0 aliphatic rings. The lowest BCUT2D eigenvalue weighted by atomic mass is 9.84. The molecule has 0 saturated carbocycles. The fourth-order valence-corrected chi connectivity index (χ4v) is 4.15. The normalized spacial score (nSPS) is 12.4. The third-order valence-corrected chi connectivity index (χ3v) is 6.57. The predicted octanol–water partition coefficient (Wildman–Crippen LogP) is 9.02. The maximum atomic E-state index is 2.45. The smallest absolute Gasteiger partial charge is 0.0132 e. The number of aryl methyl sites for hydroxylation is 4. The van der Waals surface area contributed by atoms with E-state index in [0.29, 0.717) is 0 Å². The molecule has 0 heterocycles. The molecule has 0 radical (unpaired) electrons. The third-order valence-electron chi connectivity index (χ3n) is 6.57. The first-order valence-electron chi connectivity index (χ1n) is 12.2. The van der Waals surface area contributed by atoms with Crippen LogP contribution in [0.5, 0.6) is 0 Å². The molecule has 0 nitrogen and oxygen atoms in total. The molecule has 0 aromatic heterocycles. The van der Waals surface area contributed by atoms with Gasteiger partial charge in [0.1, 0.15) is 0 Å². The van der Waals surface area contributed by atoms with Gasteiger partial charge in [-0.1, -0.05) is 104 Å². The summed E-state index contributed by atoms with van der Waals surface area (Å²) in [5, 5.41) is 0. The molecule has 0 amide bonds. The van der Waals surface area contributed by atoms with Gasteiger partial charge < -0.3 is 0 Å². The first-order chi connectivity index (χ1) is 14.0. The first kappa shape index (κ1) is 24.7. The molecule has 0 heteroatoms. The molecule has 0 saturated heterocycles.